The number of rotatable bonds is 6. The van der Waals surface area contributed by atoms with Gasteiger partial charge in [0.15, 0.2) is 0 Å². The molecule has 2 N–H and O–H groups in total. The number of aromatic nitrogens is 2. The number of carbonyl (C=O) groups excluding carboxylic acids is 2. The molecule has 0 aliphatic rings. The van der Waals surface area contributed by atoms with Gasteiger partial charge >= 0.3 is 0 Å². The molecule has 2 aromatic carbocycles. The van der Waals surface area contributed by atoms with Crippen molar-refractivity contribution in [1.82, 2.24) is 21.0 Å². The summed E-state index contributed by atoms with van der Waals surface area (Å²) in [6.07, 6.45) is -0.00160. The van der Waals surface area contributed by atoms with Gasteiger partial charge in [0, 0.05) is 5.56 Å². The van der Waals surface area contributed by atoms with E-state index in [0.29, 0.717) is 11.1 Å². The maximum absolute atomic E-state index is 12.9. The van der Waals surface area contributed by atoms with Gasteiger partial charge in [-0.15, -0.1) is 10.2 Å². The van der Waals surface area contributed by atoms with Gasteiger partial charge in [-0.25, -0.2) is 8.78 Å². The van der Waals surface area contributed by atoms with E-state index in [4.69, 9.17) is 4.42 Å². The summed E-state index contributed by atoms with van der Waals surface area (Å²) in [7, 11) is 0. The molecule has 10 heteroatoms. The summed E-state index contributed by atoms with van der Waals surface area (Å²) in [4.78, 5) is 23.6. The zero-order chi connectivity index (χ0) is 19.9. The van der Waals surface area contributed by atoms with Crippen LogP contribution in [-0.4, -0.2) is 27.8 Å². The molecule has 0 saturated carbocycles. The minimum Gasteiger partial charge on any atom is -0.411 e. The molecule has 0 radical (unpaired) electrons. The molecule has 2 amide bonds. The molecule has 3 rings (SSSR count). The highest BCUT2D eigenvalue weighted by Gasteiger charge is 2.12. The van der Waals surface area contributed by atoms with Crippen LogP contribution >= 0.6 is 11.8 Å². The van der Waals surface area contributed by atoms with Crippen molar-refractivity contribution in [1.29, 1.82) is 0 Å². The Morgan fingerprint density at radius 1 is 0.893 bits per heavy atom. The zero-order valence-electron chi connectivity index (χ0n) is 14.3. The zero-order valence-corrected chi connectivity index (χ0v) is 15.1. The number of hydrogen-bond donors (Lipinski definition) is 2. The van der Waals surface area contributed by atoms with Crippen molar-refractivity contribution in [3.05, 3.63) is 65.7 Å². The van der Waals surface area contributed by atoms with E-state index in [2.05, 4.69) is 21.0 Å². The van der Waals surface area contributed by atoms with Gasteiger partial charge in [0.2, 0.25) is 17.7 Å². The van der Waals surface area contributed by atoms with E-state index in [-0.39, 0.29) is 29.1 Å². The van der Waals surface area contributed by atoms with Crippen LogP contribution in [0.2, 0.25) is 0 Å². The summed E-state index contributed by atoms with van der Waals surface area (Å²) in [5, 5.41) is 7.79. The fourth-order valence-corrected chi connectivity index (χ4v) is 2.68. The van der Waals surface area contributed by atoms with Crippen molar-refractivity contribution >= 4 is 23.6 Å². The van der Waals surface area contributed by atoms with Crippen LogP contribution in [0.25, 0.3) is 11.5 Å². The number of amides is 2. The molecule has 144 valence electrons. The van der Waals surface area contributed by atoms with E-state index in [9.17, 15) is 18.4 Å². The third-order valence-electron chi connectivity index (χ3n) is 3.44. The minimum atomic E-state index is -0.473. The summed E-state index contributed by atoms with van der Waals surface area (Å²) in [5.41, 5.74) is 5.70. The largest absolute Gasteiger partial charge is 0.411 e. The maximum atomic E-state index is 12.9. The molecule has 0 spiro atoms. The summed E-state index contributed by atoms with van der Waals surface area (Å²) in [6, 6.07) is 11.0. The second-order valence-corrected chi connectivity index (χ2v) is 6.49. The van der Waals surface area contributed by atoms with E-state index < -0.39 is 17.6 Å². The summed E-state index contributed by atoms with van der Waals surface area (Å²) >= 11 is 0.985. The molecule has 0 atom stereocenters. The molecule has 0 aliphatic carbocycles. The van der Waals surface area contributed by atoms with Gasteiger partial charge in [0.05, 0.1) is 12.2 Å². The number of thioether (sulfide) groups is 1. The van der Waals surface area contributed by atoms with Crippen LogP contribution in [-0.2, 0) is 16.0 Å². The van der Waals surface area contributed by atoms with Crippen LogP contribution in [0.4, 0.5) is 8.78 Å². The second-order valence-electron chi connectivity index (χ2n) is 5.57. The quantitative estimate of drug-likeness (QED) is 0.484. The summed E-state index contributed by atoms with van der Waals surface area (Å²) in [6.45, 7) is 0. The Hall–Kier alpha value is -3.27. The number of nitrogens with zero attached hydrogens (tertiary/aromatic N) is 2. The Labute approximate surface area is 162 Å². The average Bonchev–Trinajstić information content (AvgIpc) is 3.16. The Morgan fingerprint density at radius 2 is 1.50 bits per heavy atom. The first-order valence-electron chi connectivity index (χ1n) is 8.04. The number of halogens is 2. The summed E-state index contributed by atoms with van der Waals surface area (Å²) in [5.74, 6) is -1.55. The minimum absolute atomic E-state index is 0.00160. The Morgan fingerprint density at radius 3 is 2.18 bits per heavy atom. The highest BCUT2D eigenvalue weighted by molar-refractivity contribution is 7.99. The molecule has 0 unspecified atom stereocenters. The van der Waals surface area contributed by atoms with Crippen LogP contribution in [0.1, 0.15) is 5.56 Å². The van der Waals surface area contributed by atoms with Gasteiger partial charge in [-0.1, -0.05) is 23.9 Å². The number of hydrogen-bond acceptors (Lipinski definition) is 6. The van der Waals surface area contributed by atoms with E-state index in [1.165, 1.54) is 48.5 Å². The molecule has 0 saturated heterocycles. The lowest BCUT2D eigenvalue weighted by Gasteiger charge is -2.06. The molecular formula is C18H14F2N4O3S. The van der Waals surface area contributed by atoms with Gasteiger partial charge in [-0.3, -0.25) is 20.4 Å². The van der Waals surface area contributed by atoms with Gasteiger partial charge in [-0.2, -0.15) is 0 Å². The first-order chi connectivity index (χ1) is 13.5. The standard InChI is InChI=1S/C18H14F2N4O3S/c19-13-5-1-11(2-6-13)9-15(25)21-22-16(26)10-28-18-24-23-17(27-18)12-3-7-14(20)8-4-12/h1-8H,9-10H2,(H,21,25)(H,22,26). The number of hydrazine groups is 1. The monoisotopic (exact) mass is 404 g/mol. The normalized spacial score (nSPS) is 10.5. The highest BCUT2D eigenvalue weighted by atomic mass is 32.2. The van der Waals surface area contributed by atoms with E-state index >= 15 is 0 Å². The van der Waals surface area contributed by atoms with Crippen LogP contribution < -0.4 is 10.9 Å². The van der Waals surface area contributed by atoms with Crippen LogP contribution in [0.5, 0.6) is 0 Å². The van der Waals surface area contributed by atoms with Gasteiger partial charge < -0.3 is 4.42 Å². The van der Waals surface area contributed by atoms with Crippen molar-refractivity contribution in [2.45, 2.75) is 11.6 Å². The smallest absolute Gasteiger partial charge is 0.277 e. The van der Waals surface area contributed by atoms with Crippen LogP contribution in [0.3, 0.4) is 0 Å². The predicted octanol–water partition coefficient (Wildman–Crippen LogP) is 2.50. The molecule has 0 fully saturated rings. The molecule has 0 bridgehead atoms. The number of benzene rings is 2. The Bertz CT molecular complexity index is 962. The SMILES string of the molecule is O=C(CSc1nnc(-c2ccc(F)cc2)o1)NNC(=O)Cc1ccc(F)cc1. The third-order valence-corrected chi connectivity index (χ3v) is 4.26. The van der Waals surface area contributed by atoms with Gasteiger partial charge in [0.1, 0.15) is 11.6 Å². The molecule has 28 heavy (non-hydrogen) atoms. The molecular weight excluding hydrogens is 390 g/mol. The second kappa shape index (κ2) is 9.09. The Balaban J connectivity index is 1.42. The average molecular weight is 404 g/mol. The first kappa shape index (κ1) is 19.5. The van der Waals surface area contributed by atoms with E-state index in [0.717, 1.165) is 11.8 Å². The fraction of sp³-hybridized carbons (Fsp3) is 0.111. The van der Waals surface area contributed by atoms with Crippen molar-refractivity contribution in [3.8, 4) is 11.5 Å². The van der Waals surface area contributed by atoms with Gasteiger partial charge in [0.25, 0.3) is 5.22 Å². The first-order valence-corrected chi connectivity index (χ1v) is 9.02. The van der Waals surface area contributed by atoms with E-state index in [1.807, 2.05) is 0 Å². The van der Waals surface area contributed by atoms with Crippen molar-refractivity contribution in [2.24, 2.45) is 0 Å². The summed E-state index contributed by atoms with van der Waals surface area (Å²) < 4.78 is 31.1. The maximum Gasteiger partial charge on any atom is 0.277 e. The molecule has 7 nitrogen and oxygen atoms in total. The molecule has 1 heterocycles. The van der Waals surface area contributed by atoms with Crippen LogP contribution in [0.15, 0.2) is 58.2 Å². The molecule has 3 aromatic rings. The topological polar surface area (TPSA) is 97.1 Å². The van der Waals surface area contributed by atoms with Crippen molar-refractivity contribution < 1.29 is 22.8 Å². The lowest BCUT2D eigenvalue weighted by atomic mass is 10.1. The fourth-order valence-electron chi connectivity index (χ4n) is 2.11. The lowest BCUT2D eigenvalue weighted by molar-refractivity contribution is -0.127. The molecule has 1 aromatic heterocycles. The van der Waals surface area contributed by atoms with Crippen molar-refractivity contribution in [3.63, 3.8) is 0 Å². The van der Waals surface area contributed by atoms with Gasteiger partial charge in [-0.05, 0) is 42.0 Å². The number of carbonyl (C=O) groups is 2. The predicted molar refractivity (Wildman–Crippen MR) is 96.8 cm³/mol. The highest BCUT2D eigenvalue weighted by Crippen LogP contribution is 2.23. The van der Waals surface area contributed by atoms with Crippen LogP contribution in [0, 0.1) is 11.6 Å². The van der Waals surface area contributed by atoms with Crippen molar-refractivity contribution in [2.75, 3.05) is 5.75 Å². The Kier molecular flexibility index (Phi) is 6.33. The third kappa shape index (κ3) is 5.61. The molecule has 0 aliphatic heterocycles. The lowest BCUT2D eigenvalue weighted by Crippen LogP contribution is -2.43. The number of nitrogens with one attached hydrogen (secondary N) is 2. The van der Waals surface area contributed by atoms with E-state index in [1.54, 1.807) is 0 Å².